The van der Waals surface area contributed by atoms with Crippen molar-refractivity contribution in [2.75, 3.05) is 17.3 Å². The summed E-state index contributed by atoms with van der Waals surface area (Å²) in [6, 6.07) is 12.4. The van der Waals surface area contributed by atoms with Gasteiger partial charge in [-0.25, -0.2) is 18.6 Å². The van der Waals surface area contributed by atoms with E-state index in [4.69, 9.17) is 6.42 Å². The highest BCUT2D eigenvalue weighted by atomic mass is 19.1. The van der Waals surface area contributed by atoms with Gasteiger partial charge >= 0.3 is 6.09 Å². The lowest BCUT2D eigenvalue weighted by atomic mass is 9.93. The number of ether oxygens (including phenoxy) is 1. The van der Waals surface area contributed by atoms with Crippen molar-refractivity contribution in [1.29, 1.82) is 0 Å². The molecule has 2 heterocycles. The molecule has 0 saturated carbocycles. The van der Waals surface area contributed by atoms with Crippen LogP contribution in [0.4, 0.5) is 25.2 Å². The summed E-state index contributed by atoms with van der Waals surface area (Å²) >= 11 is 0. The molecular weight excluding hydrogens is 458 g/mol. The predicted octanol–water partition coefficient (Wildman–Crippen LogP) is 3.85. The molecule has 0 radical (unpaired) electrons. The Morgan fingerprint density at radius 2 is 1.97 bits per heavy atom. The number of hydrogen-bond donors (Lipinski definition) is 3. The number of H-pyrrole nitrogens is 1. The largest absolute Gasteiger partial charge is 0.453 e. The first-order valence-corrected chi connectivity index (χ1v) is 10.2. The summed E-state index contributed by atoms with van der Waals surface area (Å²) in [6.07, 6.45) is 4.61. The van der Waals surface area contributed by atoms with Gasteiger partial charge < -0.3 is 14.8 Å². The molecule has 1 unspecified atom stereocenters. The molecule has 1 aliphatic rings. The zero-order valence-corrected chi connectivity index (χ0v) is 18.1. The smallest absolute Gasteiger partial charge is 0.413 e. The standard InChI is InChI=1S/C25H16F2N4O4/c1-3-13-10-21(18(27)12-17(13)26)31-22(32)15-6-4-5-7-16(15)25(31,34)14-8-9-19-20(11-14)29-23(28-19)30-24(33)35-2/h1,4-12,34H,2H3,(H2,28,29,30,33). The number of anilines is 2. The van der Waals surface area contributed by atoms with Crippen LogP contribution in [0.5, 0.6) is 0 Å². The maximum absolute atomic E-state index is 15.0. The SMILES string of the molecule is C#Cc1cc(N2C(=O)c3ccccc3C2(O)c2ccc3nc(NC(=O)OC)[nH]c3c2)c(F)cc1F. The van der Waals surface area contributed by atoms with Gasteiger partial charge in [0.05, 0.1) is 29.4 Å². The number of carbonyl (C=O) groups is 2. The summed E-state index contributed by atoms with van der Waals surface area (Å²) in [5, 5.41) is 14.5. The Morgan fingerprint density at radius 1 is 1.20 bits per heavy atom. The summed E-state index contributed by atoms with van der Waals surface area (Å²) in [7, 11) is 1.20. The van der Waals surface area contributed by atoms with Crippen LogP contribution < -0.4 is 10.2 Å². The van der Waals surface area contributed by atoms with Gasteiger partial charge in [-0.1, -0.05) is 30.2 Å². The maximum atomic E-state index is 15.0. The molecule has 5 rings (SSSR count). The van der Waals surface area contributed by atoms with Crippen LogP contribution in [-0.2, 0) is 10.5 Å². The van der Waals surface area contributed by atoms with Crippen molar-refractivity contribution >= 4 is 34.7 Å². The fourth-order valence-corrected chi connectivity index (χ4v) is 4.18. The number of nitrogens with zero attached hydrogens (tertiary/aromatic N) is 2. The van der Waals surface area contributed by atoms with Gasteiger partial charge in [0.1, 0.15) is 11.6 Å². The highest BCUT2D eigenvalue weighted by molar-refractivity contribution is 6.12. The molecule has 3 aromatic carbocycles. The molecule has 174 valence electrons. The predicted molar refractivity (Wildman–Crippen MR) is 123 cm³/mol. The topological polar surface area (TPSA) is 108 Å². The summed E-state index contributed by atoms with van der Waals surface area (Å²) in [4.78, 5) is 32.9. The van der Waals surface area contributed by atoms with Crippen LogP contribution in [0, 0.1) is 24.0 Å². The number of benzene rings is 3. The Labute approximate surface area is 197 Å². The van der Waals surface area contributed by atoms with E-state index in [2.05, 4.69) is 25.9 Å². The van der Waals surface area contributed by atoms with E-state index in [-0.39, 0.29) is 33.9 Å². The van der Waals surface area contributed by atoms with Gasteiger partial charge in [-0.3, -0.25) is 15.0 Å². The average Bonchev–Trinajstić information content (AvgIpc) is 3.35. The van der Waals surface area contributed by atoms with Gasteiger partial charge in [0.15, 0.2) is 5.72 Å². The quantitative estimate of drug-likeness (QED) is 0.391. The molecule has 0 fully saturated rings. The number of fused-ring (bicyclic) bond motifs is 2. The fraction of sp³-hybridized carbons (Fsp3) is 0.0800. The third kappa shape index (κ3) is 3.29. The molecule has 10 heteroatoms. The second kappa shape index (κ2) is 7.93. The molecule has 4 aromatic rings. The number of aromatic amines is 1. The molecule has 35 heavy (non-hydrogen) atoms. The zero-order valence-electron chi connectivity index (χ0n) is 18.1. The van der Waals surface area contributed by atoms with Gasteiger partial charge in [-0.15, -0.1) is 6.42 Å². The van der Waals surface area contributed by atoms with Crippen LogP contribution in [0.25, 0.3) is 11.0 Å². The van der Waals surface area contributed by atoms with Crippen molar-refractivity contribution < 1.29 is 28.2 Å². The highest BCUT2D eigenvalue weighted by Gasteiger charge is 2.51. The number of aromatic nitrogens is 2. The van der Waals surface area contributed by atoms with Gasteiger partial charge in [0, 0.05) is 22.8 Å². The first kappa shape index (κ1) is 22.1. The number of rotatable bonds is 3. The van der Waals surface area contributed by atoms with Crippen molar-refractivity contribution in [2.24, 2.45) is 0 Å². The van der Waals surface area contributed by atoms with Crippen LogP contribution in [0.2, 0.25) is 0 Å². The number of hydrogen-bond acceptors (Lipinski definition) is 5. The minimum atomic E-state index is -2.17. The molecule has 0 saturated heterocycles. The first-order chi connectivity index (χ1) is 16.8. The van der Waals surface area contributed by atoms with Crippen molar-refractivity contribution in [1.82, 2.24) is 9.97 Å². The number of carbonyl (C=O) groups excluding carboxylic acids is 2. The number of aliphatic hydroxyl groups is 1. The number of amides is 2. The summed E-state index contributed by atoms with van der Waals surface area (Å²) in [5.41, 5.74) is -1.47. The lowest BCUT2D eigenvalue weighted by molar-refractivity contribution is 0.0699. The fourth-order valence-electron chi connectivity index (χ4n) is 4.18. The van der Waals surface area contributed by atoms with Crippen molar-refractivity contribution in [3.63, 3.8) is 0 Å². The Balaban J connectivity index is 1.72. The van der Waals surface area contributed by atoms with Crippen molar-refractivity contribution in [3.8, 4) is 12.3 Å². The highest BCUT2D eigenvalue weighted by Crippen LogP contribution is 2.46. The molecule has 3 N–H and O–H groups in total. The molecule has 1 aliphatic heterocycles. The van der Waals surface area contributed by atoms with Crippen LogP contribution in [0.15, 0.2) is 54.6 Å². The van der Waals surface area contributed by atoms with Crippen LogP contribution in [0.3, 0.4) is 0 Å². The summed E-state index contributed by atoms with van der Waals surface area (Å²) in [5.74, 6) is -0.528. The van der Waals surface area contributed by atoms with Gasteiger partial charge in [-0.05, 0) is 24.3 Å². The third-order valence-electron chi connectivity index (χ3n) is 5.78. The van der Waals surface area contributed by atoms with Crippen LogP contribution in [-0.4, -0.2) is 34.2 Å². The van der Waals surface area contributed by atoms with Gasteiger partial charge in [-0.2, -0.15) is 0 Å². The van der Waals surface area contributed by atoms with Crippen LogP contribution >= 0.6 is 0 Å². The van der Waals surface area contributed by atoms with Crippen molar-refractivity contribution in [2.45, 2.75) is 5.72 Å². The lowest BCUT2D eigenvalue weighted by Gasteiger charge is -2.35. The van der Waals surface area contributed by atoms with E-state index in [0.717, 1.165) is 11.0 Å². The van der Waals surface area contributed by atoms with E-state index in [9.17, 15) is 19.1 Å². The number of nitrogens with one attached hydrogen (secondary N) is 2. The second-order valence-electron chi connectivity index (χ2n) is 7.72. The van der Waals surface area contributed by atoms with E-state index >= 15 is 4.39 Å². The van der Waals surface area contributed by atoms with Crippen LogP contribution in [0.1, 0.15) is 27.0 Å². The van der Waals surface area contributed by atoms with Crippen molar-refractivity contribution in [3.05, 3.63) is 88.5 Å². The molecule has 0 bridgehead atoms. The first-order valence-electron chi connectivity index (χ1n) is 10.2. The molecule has 2 amide bonds. The number of methoxy groups -OCH3 is 1. The van der Waals surface area contributed by atoms with E-state index in [1.807, 2.05) is 0 Å². The minimum Gasteiger partial charge on any atom is -0.453 e. The second-order valence-corrected chi connectivity index (χ2v) is 7.72. The normalized spacial score (nSPS) is 16.8. The molecule has 8 nitrogen and oxygen atoms in total. The summed E-state index contributed by atoms with van der Waals surface area (Å²) < 4.78 is 33.6. The molecule has 0 aliphatic carbocycles. The Kier molecular flexibility index (Phi) is 5.00. The number of halogens is 2. The van der Waals surface area contributed by atoms with Gasteiger partial charge in [0.2, 0.25) is 5.95 Å². The molecule has 1 aromatic heterocycles. The Bertz CT molecular complexity index is 1580. The maximum Gasteiger partial charge on any atom is 0.413 e. The molecule has 1 atom stereocenters. The average molecular weight is 474 g/mol. The molecular formula is C25H16F2N4O4. The van der Waals surface area contributed by atoms with E-state index < -0.39 is 29.4 Å². The van der Waals surface area contributed by atoms with E-state index in [1.54, 1.807) is 18.2 Å². The summed E-state index contributed by atoms with van der Waals surface area (Å²) in [6.45, 7) is 0. The van der Waals surface area contributed by atoms with Gasteiger partial charge in [0.25, 0.3) is 5.91 Å². The Hall–Kier alpha value is -4.75. The zero-order chi connectivity index (χ0) is 24.9. The van der Waals surface area contributed by atoms with E-state index in [0.29, 0.717) is 17.1 Å². The minimum absolute atomic E-state index is 0.0963. The number of terminal acetylenes is 1. The monoisotopic (exact) mass is 474 g/mol. The lowest BCUT2D eigenvalue weighted by Crippen LogP contribution is -2.45. The number of imidazole rings is 1. The Morgan fingerprint density at radius 3 is 2.71 bits per heavy atom. The molecule has 0 spiro atoms. The third-order valence-corrected chi connectivity index (χ3v) is 5.78. The van der Waals surface area contributed by atoms with E-state index in [1.165, 1.54) is 31.4 Å².